The van der Waals surface area contributed by atoms with Crippen molar-refractivity contribution in [3.8, 4) is 11.5 Å². The molecule has 154 valence electrons. The number of methoxy groups -OCH3 is 2. The number of benzene rings is 1. The maximum absolute atomic E-state index is 12.6. The molecule has 1 aromatic rings. The van der Waals surface area contributed by atoms with Crippen LogP contribution in [0.4, 0.5) is 0 Å². The zero-order chi connectivity index (χ0) is 20.5. The Morgan fingerprint density at radius 1 is 0.893 bits per heavy atom. The highest BCUT2D eigenvalue weighted by Gasteiger charge is 2.24. The zero-order valence-electron chi connectivity index (χ0n) is 16.7. The van der Waals surface area contributed by atoms with E-state index in [2.05, 4.69) is 0 Å². The minimum absolute atomic E-state index is 0.00541. The predicted octanol–water partition coefficient (Wildman–Crippen LogP) is 1.26. The van der Waals surface area contributed by atoms with Gasteiger partial charge in [-0.05, 0) is 24.6 Å². The monoisotopic (exact) mass is 392 g/mol. The van der Waals surface area contributed by atoms with Crippen molar-refractivity contribution in [1.29, 1.82) is 0 Å². The van der Waals surface area contributed by atoms with Crippen molar-refractivity contribution in [2.75, 3.05) is 47.0 Å². The highest BCUT2D eigenvalue weighted by molar-refractivity contribution is 5.82. The quantitative estimate of drug-likeness (QED) is 0.619. The molecule has 0 aliphatic carbocycles. The summed E-state index contributed by atoms with van der Waals surface area (Å²) >= 11 is 0. The molecular weight excluding hydrogens is 364 g/mol. The van der Waals surface area contributed by atoms with Gasteiger partial charge < -0.3 is 24.0 Å². The fraction of sp³-hybridized carbons (Fsp3) is 0.550. The van der Waals surface area contributed by atoms with Crippen LogP contribution >= 0.6 is 0 Å². The molecule has 0 aromatic heterocycles. The molecule has 1 aliphatic rings. The molecule has 1 saturated heterocycles. The molecule has 8 nitrogen and oxygen atoms in total. The molecule has 1 aromatic carbocycles. The molecule has 0 radical (unpaired) electrons. The van der Waals surface area contributed by atoms with E-state index < -0.39 is 0 Å². The van der Waals surface area contributed by atoms with Crippen LogP contribution in [0.15, 0.2) is 18.2 Å². The average molecular weight is 392 g/mol. The van der Waals surface area contributed by atoms with Crippen LogP contribution in [0.2, 0.25) is 0 Å². The van der Waals surface area contributed by atoms with Gasteiger partial charge in [0.2, 0.25) is 11.8 Å². The van der Waals surface area contributed by atoms with E-state index in [0.717, 1.165) is 5.56 Å². The fourth-order valence-corrected chi connectivity index (χ4v) is 3.08. The number of hydrogen-bond acceptors (Lipinski definition) is 6. The molecule has 0 N–H and O–H groups in total. The smallest absolute Gasteiger partial charge is 0.306 e. The summed E-state index contributed by atoms with van der Waals surface area (Å²) in [6.45, 7) is 3.96. The molecule has 0 saturated carbocycles. The number of carbonyl (C=O) groups excluding carboxylic acids is 3. The van der Waals surface area contributed by atoms with Gasteiger partial charge in [-0.15, -0.1) is 0 Å². The van der Waals surface area contributed by atoms with Gasteiger partial charge in [-0.25, -0.2) is 0 Å². The third-order valence-electron chi connectivity index (χ3n) is 4.64. The van der Waals surface area contributed by atoms with E-state index in [4.69, 9.17) is 14.2 Å². The van der Waals surface area contributed by atoms with E-state index in [-0.39, 0.29) is 37.0 Å². The van der Waals surface area contributed by atoms with Crippen molar-refractivity contribution in [3.63, 3.8) is 0 Å². The number of rotatable bonds is 8. The van der Waals surface area contributed by atoms with Gasteiger partial charge in [0.1, 0.15) is 0 Å². The van der Waals surface area contributed by atoms with Gasteiger partial charge in [-0.2, -0.15) is 0 Å². The van der Waals surface area contributed by atoms with Crippen LogP contribution in [0.25, 0.3) is 0 Å². The lowest BCUT2D eigenvalue weighted by molar-refractivity contribution is -0.146. The summed E-state index contributed by atoms with van der Waals surface area (Å²) in [5, 5.41) is 0. The van der Waals surface area contributed by atoms with Crippen molar-refractivity contribution in [2.24, 2.45) is 0 Å². The van der Waals surface area contributed by atoms with Gasteiger partial charge in [0.05, 0.1) is 33.7 Å². The molecule has 0 unspecified atom stereocenters. The summed E-state index contributed by atoms with van der Waals surface area (Å²) < 4.78 is 15.3. The van der Waals surface area contributed by atoms with E-state index in [1.54, 1.807) is 43.1 Å². The summed E-state index contributed by atoms with van der Waals surface area (Å²) in [4.78, 5) is 39.6. The Bertz CT molecular complexity index is 698. The van der Waals surface area contributed by atoms with Crippen LogP contribution in [-0.2, 0) is 25.5 Å². The molecule has 1 aliphatic heterocycles. The van der Waals surface area contributed by atoms with E-state index in [9.17, 15) is 14.4 Å². The lowest BCUT2D eigenvalue weighted by Gasteiger charge is -2.35. The summed E-state index contributed by atoms with van der Waals surface area (Å²) in [6, 6.07) is 5.42. The molecule has 0 bridgehead atoms. The Hall–Kier alpha value is -2.77. The fourth-order valence-electron chi connectivity index (χ4n) is 3.08. The number of piperazine rings is 1. The molecule has 2 rings (SSSR count). The zero-order valence-corrected chi connectivity index (χ0v) is 16.7. The van der Waals surface area contributed by atoms with E-state index in [0.29, 0.717) is 44.3 Å². The van der Waals surface area contributed by atoms with Crippen LogP contribution in [0.3, 0.4) is 0 Å². The topological polar surface area (TPSA) is 85.4 Å². The van der Waals surface area contributed by atoms with Crippen LogP contribution in [-0.4, -0.2) is 74.6 Å². The molecule has 1 heterocycles. The lowest BCUT2D eigenvalue weighted by atomic mass is 10.1. The first-order valence-electron chi connectivity index (χ1n) is 9.40. The minimum Gasteiger partial charge on any atom is -0.493 e. The maximum atomic E-state index is 12.6. The van der Waals surface area contributed by atoms with Gasteiger partial charge in [0.25, 0.3) is 0 Å². The number of ether oxygens (including phenoxy) is 3. The first-order valence-corrected chi connectivity index (χ1v) is 9.40. The SMILES string of the molecule is CCOC(=O)CCC(=O)N1CCN(C(=O)Cc2ccc(OC)c(OC)c2)CC1. The number of nitrogens with zero attached hydrogens (tertiary/aromatic N) is 2. The normalized spacial score (nSPS) is 13.8. The second-order valence-electron chi connectivity index (χ2n) is 6.43. The number of hydrogen-bond donors (Lipinski definition) is 0. The third-order valence-corrected chi connectivity index (χ3v) is 4.64. The van der Waals surface area contributed by atoms with E-state index >= 15 is 0 Å². The Kier molecular flexibility index (Phi) is 8.10. The lowest BCUT2D eigenvalue weighted by Crippen LogP contribution is -2.51. The van der Waals surface area contributed by atoms with Crippen LogP contribution in [0.1, 0.15) is 25.3 Å². The van der Waals surface area contributed by atoms with Gasteiger partial charge in [-0.1, -0.05) is 6.07 Å². The Balaban J connectivity index is 1.82. The van der Waals surface area contributed by atoms with Gasteiger partial charge in [0.15, 0.2) is 11.5 Å². The summed E-state index contributed by atoms with van der Waals surface area (Å²) in [6.07, 6.45) is 0.487. The largest absolute Gasteiger partial charge is 0.493 e. The highest BCUT2D eigenvalue weighted by Crippen LogP contribution is 2.27. The average Bonchev–Trinajstić information content (AvgIpc) is 2.72. The molecule has 1 fully saturated rings. The molecule has 0 atom stereocenters. The van der Waals surface area contributed by atoms with Crippen molar-refractivity contribution < 1.29 is 28.6 Å². The summed E-state index contributed by atoms with van der Waals surface area (Å²) in [7, 11) is 3.12. The van der Waals surface area contributed by atoms with Crippen molar-refractivity contribution >= 4 is 17.8 Å². The molecule has 28 heavy (non-hydrogen) atoms. The first-order chi connectivity index (χ1) is 13.5. The van der Waals surface area contributed by atoms with Crippen LogP contribution in [0.5, 0.6) is 11.5 Å². The van der Waals surface area contributed by atoms with Gasteiger partial charge >= 0.3 is 5.97 Å². The molecule has 0 spiro atoms. The maximum Gasteiger partial charge on any atom is 0.306 e. The van der Waals surface area contributed by atoms with Gasteiger partial charge in [-0.3, -0.25) is 14.4 Å². The van der Waals surface area contributed by atoms with E-state index in [1.807, 2.05) is 6.07 Å². The van der Waals surface area contributed by atoms with Gasteiger partial charge in [0, 0.05) is 32.6 Å². The molecular formula is C20H28N2O6. The Labute approximate surface area is 165 Å². The minimum atomic E-state index is -0.361. The molecule has 8 heteroatoms. The third kappa shape index (κ3) is 5.87. The highest BCUT2D eigenvalue weighted by atomic mass is 16.5. The molecule has 2 amide bonds. The summed E-state index contributed by atoms with van der Waals surface area (Å²) in [5.41, 5.74) is 0.843. The second-order valence-corrected chi connectivity index (χ2v) is 6.43. The van der Waals surface area contributed by atoms with Crippen LogP contribution < -0.4 is 9.47 Å². The number of carbonyl (C=O) groups is 3. The second kappa shape index (κ2) is 10.5. The first kappa shape index (κ1) is 21.5. The summed E-state index contributed by atoms with van der Waals surface area (Å²) in [5.74, 6) is 0.768. The van der Waals surface area contributed by atoms with Crippen molar-refractivity contribution in [2.45, 2.75) is 26.2 Å². The van der Waals surface area contributed by atoms with Crippen LogP contribution in [0, 0.1) is 0 Å². The Morgan fingerprint density at radius 2 is 1.50 bits per heavy atom. The van der Waals surface area contributed by atoms with Crippen molar-refractivity contribution in [3.05, 3.63) is 23.8 Å². The number of esters is 1. The van der Waals surface area contributed by atoms with Crippen molar-refractivity contribution in [1.82, 2.24) is 9.80 Å². The number of amides is 2. The standard InChI is InChI=1S/C20H28N2O6/c1-4-28-20(25)8-7-18(23)21-9-11-22(12-10-21)19(24)14-15-5-6-16(26-2)17(13-15)27-3/h5-6,13H,4,7-12,14H2,1-3H3. The Morgan fingerprint density at radius 3 is 2.07 bits per heavy atom. The predicted molar refractivity (Wildman–Crippen MR) is 102 cm³/mol. The van der Waals surface area contributed by atoms with E-state index in [1.165, 1.54) is 0 Å².